The molecule has 13 aromatic rings. The molecule has 6 aliphatic rings. The van der Waals surface area contributed by atoms with E-state index < -0.39 is 0 Å². The summed E-state index contributed by atoms with van der Waals surface area (Å²) in [6, 6.07) is 86.0. The molecule has 13 aromatic carbocycles. The Balaban J connectivity index is 0.824. The Morgan fingerprint density at radius 1 is 0.224 bits per heavy atom. The molecule has 0 N–H and O–H groups in total. The third-order valence-corrected chi connectivity index (χ3v) is 20.7. The van der Waals surface area contributed by atoms with Crippen molar-refractivity contribution < 1.29 is 0 Å². The van der Waals surface area contributed by atoms with E-state index in [9.17, 15) is 0 Å². The molecule has 0 unspecified atom stereocenters. The minimum absolute atomic E-state index is 0.0369. The zero-order valence-corrected chi connectivity index (χ0v) is 48.3. The number of hydrogen-bond acceptors (Lipinski definition) is 6. The van der Waals surface area contributed by atoms with E-state index in [1.54, 1.807) is 0 Å². The molecule has 0 bridgehead atoms. The van der Waals surface area contributed by atoms with E-state index in [2.05, 4.69) is 296 Å². The van der Waals surface area contributed by atoms with Gasteiger partial charge < -0.3 is 29.4 Å². The zero-order valence-electron chi connectivity index (χ0n) is 48.3. The van der Waals surface area contributed by atoms with Crippen LogP contribution in [0.1, 0.15) is 0 Å². The topological polar surface area (TPSA) is 19.4 Å². The van der Waals surface area contributed by atoms with Crippen LogP contribution in [-0.4, -0.2) is 62.4 Å². The molecule has 0 atom stereocenters. The van der Waals surface area contributed by atoms with Gasteiger partial charge in [0.2, 0.25) is 0 Å². The van der Waals surface area contributed by atoms with Crippen LogP contribution < -0.4 is 78.6 Å². The smallest absolute Gasteiger partial charge is 0.252 e. The Bertz CT molecular complexity index is 5210. The van der Waals surface area contributed by atoms with Gasteiger partial charge in [0, 0.05) is 127 Å². The normalized spacial score (nSPS) is 14.5. The van der Waals surface area contributed by atoms with Gasteiger partial charge in [0.15, 0.2) is 0 Å². The maximum Gasteiger partial charge on any atom is 0.252 e. The molecule has 0 saturated carbocycles. The van der Waals surface area contributed by atoms with Crippen molar-refractivity contribution in [3.05, 3.63) is 224 Å². The van der Waals surface area contributed by atoms with Gasteiger partial charge in [0.1, 0.15) is 0 Å². The molecule has 398 valence electrons. The van der Waals surface area contributed by atoms with E-state index in [0.717, 1.165) is 0 Å². The van der Waals surface area contributed by atoms with E-state index >= 15 is 0 Å². The average molecular weight is 1080 g/mol. The fraction of sp³-hybridized carbons (Fsp3) is 0.0789. The van der Waals surface area contributed by atoms with Crippen LogP contribution in [0.4, 0.5) is 68.2 Å². The summed E-state index contributed by atoms with van der Waals surface area (Å²) in [5.74, 6) is 0. The van der Waals surface area contributed by atoms with Crippen molar-refractivity contribution in [1.29, 1.82) is 0 Å². The third-order valence-electron chi connectivity index (χ3n) is 20.7. The Labute approximate surface area is 496 Å². The lowest BCUT2D eigenvalue weighted by molar-refractivity contribution is 1.18. The maximum absolute atomic E-state index is 2.59. The summed E-state index contributed by atoms with van der Waals surface area (Å²) in [6.07, 6.45) is 0. The van der Waals surface area contributed by atoms with Crippen LogP contribution in [0.25, 0.3) is 65.3 Å². The Morgan fingerprint density at radius 3 is 1.48 bits per heavy atom. The fourth-order valence-corrected chi connectivity index (χ4v) is 17.0. The molecule has 9 heteroatoms. The molecule has 0 aliphatic carbocycles. The second kappa shape index (κ2) is 16.8. The highest BCUT2D eigenvalue weighted by atomic mass is 15.2. The molecule has 6 heterocycles. The van der Waals surface area contributed by atoms with Gasteiger partial charge in [0.25, 0.3) is 20.1 Å². The minimum Gasteiger partial charge on any atom is -0.345 e. The molecule has 0 saturated heterocycles. The summed E-state index contributed by atoms with van der Waals surface area (Å²) in [6.45, 7) is 0.0711. The summed E-state index contributed by atoms with van der Waals surface area (Å²) in [4.78, 5) is 14.9. The van der Waals surface area contributed by atoms with Gasteiger partial charge >= 0.3 is 0 Å². The van der Waals surface area contributed by atoms with Gasteiger partial charge in [-0.2, -0.15) is 0 Å². The Kier molecular flexibility index (Phi) is 9.36. The number of para-hydroxylation sites is 2. The Hall–Kier alpha value is -10.1. The summed E-state index contributed by atoms with van der Waals surface area (Å²) in [5, 5.41) is 10.2. The van der Waals surface area contributed by atoms with Gasteiger partial charge in [-0.25, -0.2) is 0 Å². The molecule has 0 amide bonds. The SMILES string of the molecule is CN1c2cc3ccccc3cc2B2c3c1cc(-c1cc4c(c5ccccc15)N(C)c1ccc(-c5ccc6c(c5)B5c7ccccc7N(C)c7cc8ccccc8c(c75)N6C)c5c1B4c1ccccc1N5C)cc3N(C)c1ccc3ccccc3c12. The predicted molar refractivity (Wildman–Crippen MR) is 368 cm³/mol. The van der Waals surface area contributed by atoms with Crippen LogP contribution >= 0.6 is 0 Å². The fourth-order valence-electron chi connectivity index (χ4n) is 17.0. The lowest BCUT2D eigenvalue weighted by Gasteiger charge is -2.44. The van der Waals surface area contributed by atoms with Crippen LogP contribution in [0.5, 0.6) is 0 Å². The first-order valence-electron chi connectivity index (χ1n) is 30.0. The van der Waals surface area contributed by atoms with Gasteiger partial charge in [-0.15, -0.1) is 0 Å². The Morgan fingerprint density at radius 2 is 0.718 bits per heavy atom. The largest absolute Gasteiger partial charge is 0.345 e. The number of anilines is 12. The zero-order chi connectivity index (χ0) is 56.4. The van der Waals surface area contributed by atoms with Crippen LogP contribution in [-0.2, 0) is 0 Å². The standard InChI is InChI=1S/C76H55B3N6/c1-80-61-29-17-15-27-56(61)77-58-38-48(32-34-63(58)84(5)75-51-24-12-10-22-47(51)40-69(80)73(75)77)52-33-36-65-72-76(52)83(4)62-30-18-16-28-57(62)78(72)60-43-55(53-25-13-14-26-54(53)74(60)85(65)6)49-41-67-71-68(42-49)82(3)66-39-46-21-8-7-20-45(46)37-59(66)79(71)70-50-23-11-9-19-44(50)31-35-64(70)81(67)2/h7-43H,1-6H3. The first-order valence-corrected chi connectivity index (χ1v) is 30.0. The molecular weight excluding hydrogens is 1030 g/mol. The number of benzene rings is 13. The maximum atomic E-state index is 2.59. The minimum atomic E-state index is -0.0369. The molecule has 6 nitrogen and oxygen atoms in total. The molecular formula is C76H55B3N6. The van der Waals surface area contributed by atoms with Crippen molar-refractivity contribution in [2.45, 2.75) is 0 Å². The molecule has 19 rings (SSSR count). The van der Waals surface area contributed by atoms with Gasteiger partial charge in [0.05, 0.1) is 0 Å². The molecule has 0 fully saturated rings. The van der Waals surface area contributed by atoms with Gasteiger partial charge in [-0.05, 0) is 153 Å². The number of nitrogens with zero attached hydrogens (tertiary/aromatic N) is 6. The predicted octanol–water partition coefficient (Wildman–Crippen LogP) is 11.7. The van der Waals surface area contributed by atoms with Crippen LogP contribution in [0.2, 0.25) is 0 Å². The highest BCUT2D eigenvalue weighted by molar-refractivity contribution is 7.02. The van der Waals surface area contributed by atoms with E-state index in [-0.39, 0.29) is 20.1 Å². The van der Waals surface area contributed by atoms with E-state index in [0.29, 0.717) is 0 Å². The van der Waals surface area contributed by atoms with Crippen molar-refractivity contribution in [2.24, 2.45) is 0 Å². The summed E-state index contributed by atoms with van der Waals surface area (Å²) >= 11 is 0. The van der Waals surface area contributed by atoms with Crippen molar-refractivity contribution in [3.63, 3.8) is 0 Å². The van der Waals surface area contributed by atoms with Crippen LogP contribution in [0.15, 0.2) is 224 Å². The van der Waals surface area contributed by atoms with Crippen molar-refractivity contribution >= 4 is 181 Å². The van der Waals surface area contributed by atoms with Gasteiger partial charge in [-0.1, -0.05) is 170 Å². The quantitative estimate of drug-likeness (QED) is 0.160. The lowest BCUT2D eigenvalue weighted by atomic mass is 9.32. The number of hydrogen-bond donors (Lipinski definition) is 0. The summed E-state index contributed by atoms with van der Waals surface area (Å²) in [7, 11) is 13.7. The highest BCUT2D eigenvalue weighted by Gasteiger charge is 2.47. The van der Waals surface area contributed by atoms with E-state index in [4.69, 9.17) is 0 Å². The highest BCUT2D eigenvalue weighted by Crippen LogP contribution is 2.48. The lowest BCUT2D eigenvalue weighted by Crippen LogP contribution is -2.62. The molecule has 0 spiro atoms. The number of fused-ring (bicyclic) bond motifs is 19. The van der Waals surface area contributed by atoms with E-state index in [1.165, 1.54) is 183 Å². The second-order valence-corrected chi connectivity index (χ2v) is 24.6. The molecule has 0 aromatic heterocycles. The summed E-state index contributed by atoms with van der Waals surface area (Å²) < 4.78 is 0. The third kappa shape index (κ3) is 6.07. The van der Waals surface area contributed by atoms with Gasteiger partial charge in [-0.3, -0.25) is 0 Å². The number of rotatable bonds is 2. The van der Waals surface area contributed by atoms with Crippen LogP contribution in [0, 0.1) is 0 Å². The van der Waals surface area contributed by atoms with Crippen molar-refractivity contribution in [1.82, 2.24) is 0 Å². The average Bonchev–Trinajstić information content (AvgIpc) is 1.30. The second-order valence-electron chi connectivity index (χ2n) is 24.6. The first-order chi connectivity index (χ1) is 41.7. The van der Waals surface area contributed by atoms with Crippen molar-refractivity contribution in [2.75, 3.05) is 71.7 Å². The summed E-state index contributed by atoms with van der Waals surface area (Å²) in [5.41, 5.74) is 32.2. The van der Waals surface area contributed by atoms with Crippen molar-refractivity contribution in [3.8, 4) is 22.3 Å². The first kappa shape index (κ1) is 47.4. The molecule has 6 aliphatic heterocycles. The monoisotopic (exact) mass is 1080 g/mol. The molecule has 0 radical (unpaired) electrons. The molecule has 85 heavy (non-hydrogen) atoms. The van der Waals surface area contributed by atoms with Crippen LogP contribution in [0.3, 0.4) is 0 Å². The van der Waals surface area contributed by atoms with E-state index in [1.807, 2.05) is 0 Å².